The summed E-state index contributed by atoms with van der Waals surface area (Å²) in [6.07, 6.45) is 5.48. The van der Waals surface area contributed by atoms with Gasteiger partial charge in [-0.3, -0.25) is 0 Å². The molecule has 1 N–H and O–H groups in total. The highest BCUT2D eigenvalue weighted by molar-refractivity contribution is 6.20. The zero-order chi connectivity index (χ0) is 14.3. The molecule has 0 aliphatic heterocycles. The molecule has 0 saturated heterocycles. The molecule has 0 bridgehead atoms. The Balaban J connectivity index is 1.84. The van der Waals surface area contributed by atoms with Crippen molar-refractivity contribution < 1.29 is 5.11 Å². The molecule has 4 nitrogen and oxygen atoms in total. The summed E-state index contributed by atoms with van der Waals surface area (Å²) in [5.74, 6) is 0.990. The van der Waals surface area contributed by atoms with E-state index < -0.39 is 0 Å². The third-order valence-electron chi connectivity index (χ3n) is 4.94. The van der Waals surface area contributed by atoms with Crippen LogP contribution in [0.3, 0.4) is 0 Å². The highest BCUT2D eigenvalue weighted by Crippen LogP contribution is 2.37. The third-order valence-corrected chi connectivity index (χ3v) is 5.31. The van der Waals surface area contributed by atoms with E-state index in [2.05, 4.69) is 24.0 Å². The van der Waals surface area contributed by atoms with Crippen molar-refractivity contribution >= 4 is 11.6 Å². The summed E-state index contributed by atoms with van der Waals surface area (Å²) >= 11 is 6.21. The van der Waals surface area contributed by atoms with Crippen LogP contribution in [-0.4, -0.2) is 31.6 Å². The molecule has 5 heteroatoms. The lowest BCUT2D eigenvalue weighted by molar-refractivity contribution is -0.00608. The van der Waals surface area contributed by atoms with E-state index in [1.807, 2.05) is 0 Å². The van der Waals surface area contributed by atoms with Crippen LogP contribution in [0, 0.1) is 11.8 Å². The lowest BCUT2D eigenvalue weighted by Crippen LogP contribution is -2.38. The Morgan fingerprint density at radius 3 is 2.80 bits per heavy atom. The topological polar surface area (TPSA) is 50.9 Å². The molecule has 1 aromatic heterocycles. The minimum atomic E-state index is -0.322. The first-order valence-corrected chi connectivity index (χ1v) is 8.28. The summed E-state index contributed by atoms with van der Waals surface area (Å²) in [6.45, 7) is 4.42. The van der Waals surface area contributed by atoms with E-state index in [4.69, 9.17) is 11.6 Å². The monoisotopic (exact) mass is 297 g/mol. The number of hydrogen-bond acceptors (Lipinski definition) is 3. The molecule has 1 fully saturated rings. The molecule has 0 spiro atoms. The molecule has 2 aliphatic rings. The van der Waals surface area contributed by atoms with Gasteiger partial charge in [0, 0.05) is 11.8 Å². The van der Waals surface area contributed by atoms with E-state index in [0.717, 1.165) is 49.9 Å². The first-order valence-electron chi connectivity index (χ1n) is 7.85. The molecule has 5 atom stereocenters. The highest BCUT2D eigenvalue weighted by Gasteiger charge is 2.37. The largest absolute Gasteiger partial charge is 0.391 e. The standard InChI is InChI=1S/C15H24ClN3O/c1-3-10-6-9(2)7-14(15(10)20)19-17-12-5-4-11(16)8-13(12)18-19/h9-11,14-15,20H,3-8H2,1-2H3. The lowest BCUT2D eigenvalue weighted by Gasteiger charge is -2.37. The van der Waals surface area contributed by atoms with Crippen molar-refractivity contribution in [3.63, 3.8) is 0 Å². The van der Waals surface area contributed by atoms with Crippen LogP contribution in [-0.2, 0) is 12.8 Å². The normalized spacial score (nSPS) is 37.7. The zero-order valence-electron chi connectivity index (χ0n) is 12.3. The van der Waals surface area contributed by atoms with Gasteiger partial charge in [0.1, 0.15) is 0 Å². The van der Waals surface area contributed by atoms with Gasteiger partial charge in [0.2, 0.25) is 0 Å². The molecule has 0 aromatic carbocycles. The van der Waals surface area contributed by atoms with Gasteiger partial charge in [-0.05, 0) is 37.5 Å². The van der Waals surface area contributed by atoms with Crippen molar-refractivity contribution in [2.75, 3.05) is 0 Å². The average molecular weight is 298 g/mol. The first-order chi connectivity index (χ1) is 9.58. The van der Waals surface area contributed by atoms with E-state index in [1.165, 1.54) is 0 Å². The van der Waals surface area contributed by atoms with E-state index in [0.29, 0.717) is 11.8 Å². The van der Waals surface area contributed by atoms with Gasteiger partial charge in [0.15, 0.2) is 0 Å². The number of halogens is 1. The van der Waals surface area contributed by atoms with Crippen LogP contribution < -0.4 is 0 Å². The molecule has 1 heterocycles. The first kappa shape index (κ1) is 14.3. The molecule has 3 rings (SSSR count). The Bertz CT molecular complexity index is 476. The number of fused-ring (bicyclic) bond motifs is 1. The van der Waals surface area contributed by atoms with Gasteiger partial charge in [-0.2, -0.15) is 15.0 Å². The maximum Gasteiger partial charge on any atom is 0.0980 e. The van der Waals surface area contributed by atoms with Gasteiger partial charge in [0.25, 0.3) is 0 Å². The number of aryl methyl sites for hydroxylation is 1. The Labute approximate surface area is 125 Å². The van der Waals surface area contributed by atoms with Gasteiger partial charge >= 0.3 is 0 Å². The van der Waals surface area contributed by atoms with Gasteiger partial charge in [-0.15, -0.1) is 11.6 Å². The number of hydrogen-bond donors (Lipinski definition) is 1. The molecule has 20 heavy (non-hydrogen) atoms. The Hall–Kier alpha value is -0.610. The number of aliphatic hydroxyl groups is 1. The third kappa shape index (κ3) is 2.60. The average Bonchev–Trinajstić information content (AvgIpc) is 2.83. The van der Waals surface area contributed by atoms with E-state index in [-0.39, 0.29) is 17.5 Å². The van der Waals surface area contributed by atoms with Crippen LogP contribution in [0.2, 0.25) is 0 Å². The number of rotatable bonds is 2. The van der Waals surface area contributed by atoms with E-state index in [9.17, 15) is 5.11 Å². The maximum absolute atomic E-state index is 10.6. The predicted molar refractivity (Wildman–Crippen MR) is 78.9 cm³/mol. The lowest BCUT2D eigenvalue weighted by atomic mass is 9.76. The Morgan fingerprint density at radius 2 is 2.05 bits per heavy atom. The molecule has 1 saturated carbocycles. The molecular weight excluding hydrogens is 274 g/mol. The summed E-state index contributed by atoms with van der Waals surface area (Å²) in [6, 6.07) is 0.0306. The number of aliphatic hydroxyl groups excluding tert-OH is 1. The summed E-state index contributed by atoms with van der Waals surface area (Å²) in [4.78, 5) is 1.79. The molecule has 2 aliphatic carbocycles. The van der Waals surface area contributed by atoms with Crippen LogP contribution in [0.4, 0.5) is 0 Å². The van der Waals surface area contributed by atoms with Crippen molar-refractivity contribution in [3.05, 3.63) is 11.4 Å². The van der Waals surface area contributed by atoms with Crippen LogP contribution in [0.5, 0.6) is 0 Å². The number of aromatic nitrogens is 3. The minimum Gasteiger partial charge on any atom is -0.391 e. The summed E-state index contributed by atoms with van der Waals surface area (Å²) in [5.41, 5.74) is 2.12. The summed E-state index contributed by atoms with van der Waals surface area (Å²) in [7, 11) is 0. The second kappa shape index (κ2) is 5.64. The molecule has 0 amide bonds. The fourth-order valence-electron chi connectivity index (χ4n) is 3.75. The number of nitrogens with zero attached hydrogens (tertiary/aromatic N) is 3. The van der Waals surface area contributed by atoms with Gasteiger partial charge in [0.05, 0.1) is 23.5 Å². The second-order valence-corrected chi connectivity index (χ2v) is 7.17. The molecule has 1 aromatic rings. The molecule has 112 valence electrons. The fraction of sp³-hybridized carbons (Fsp3) is 0.867. The Kier molecular flexibility index (Phi) is 4.04. The summed E-state index contributed by atoms with van der Waals surface area (Å²) in [5, 5.41) is 20.1. The van der Waals surface area contributed by atoms with Crippen molar-refractivity contribution in [1.82, 2.24) is 15.0 Å². The van der Waals surface area contributed by atoms with Gasteiger partial charge in [-0.1, -0.05) is 20.3 Å². The molecule has 0 radical (unpaired) electrons. The molecular formula is C15H24ClN3O. The summed E-state index contributed by atoms with van der Waals surface area (Å²) < 4.78 is 0. The van der Waals surface area contributed by atoms with Crippen molar-refractivity contribution in [1.29, 1.82) is 0 Å². The molecule has 5 unspecified atom stereocenters. The van der Waals surface area contributed by atoms with Crippen molar-refractivity contribution in [3.8, 4) is 0 Å². The minimum absolute atomic E-state index is 0.0306. The zero-order valence-corrected chi connectivity index (χ0v) is 13.1. The van der Waals surface area contributed by atoms with E-state index >= 15 is 0 Å². The van der Waals surface area contributed by atoms with E-state index in [1.54, 1.807) is 4.80 Å². The van der Waals surface area contributed by atoms with Crippen LogP contribution >= 0.6 is 11.6 Å². The SMILES string of the molecule is CCC1CC(C)CC(n2nc3c(n2)CC(Cl)CC3)C1O. The fourth-order valence-corrected chi connectivity index (χ4v) is 4.00. The van der Waals surface area contributed by atoms with Crippen molar-refractivity contribution in [2.45, 2.75) is 69.9 Å². The quantitative estimate of drug-likeness (QED) is 0.854. The highest BCUT2D eigenvalue weighted by atomic mass is 35.5. The second-order valence-electron chi connectivity index (χ2n) is 6.56. The van der Waals surface area contributed by atoms with Gasteiger partial charge in [-0.25, -0.2) is 0 Å². The van der Waals surface area contributed by atoms with Crippen LogP contribution in [0.25, 0.3) is 0 Å². The van der Waals surface area contributed by atoms with Crippen molar-refractivity contribution in [2.24, 2.45) is 11.8 Å². The van der Waals surface area contributed by atoms with Crippen LogP contribution in [0.15, 0.2) is 0 Å². The van der Waals surface area contributed by atoms with Crippen LogP contribution in [0.1, 0.15) is 57.0 Å². The smallest absolute Gasteiger partial charge is 0.0980 e. The van der Waals surface area contributed by atoms with Gasteiger partial charge < -0.3 is 5.11 Å². The maximum atomic E-state index is 10.6. The Morgan fingerprint density at radius 1 is 1.30 bits per heavy atom. The number of alkyl halides is 1. The predicted octanol–water partition coefficient (Wildman–Crippen LogP) is 2.73.